The third-order valence-electron chi connectivity index (χ3n) is 3.60. The first-order valence-electron chi connectivity index (χ1n) is 7.28. The normalized spacial score (nSPS) is 23.1. The smallest absolute Gasteiger partial charge is 0.224 e. The second-order valence-electron chi connectivity index (χ2n) is 5.19. The van der Waals surface area contributed by atoms with Gasteiger partial charge in [0.1, 0.15) is 5.82 Å². The maximum Gasteiger partial charge on any atom is 0.224 e. The van der Waals surface area contributed by atoms with Gasteiger partial charge in [-0.05, 0) is 25.3 Å². The number of nitrogens with zero attached hydrogens (tertiary/aromatic N) is 2. The van der Waals surface area contributed by atoms with Crippen molar-refractivity contribution in [3.63, 3.8) is 0 Å². The number of hydrogen-bond acceptors (Lipinski definition) is 5. The first-order chi connectivity index (χ1) is 9.29. The minimum absolute atomic E-state index is 0.166. The fourth-order valence-electron chi connectivity index (χ4n) is 2.44. The fraction of sp³-hybridized carbons (Fsp3) is 0.714. The number of nitrogens with one attached hydrogen (secondary N) is 2. The lowest BCUT2D eigenvalue weighted by Gasteiger charge is -2.27. The van der Waals surface area contributed by atoms with Gasteiger partial charge in [0.25, 0.3) is 0 Å². The lowest BCUT2D eigenvalue weighted by atomic mass is 9.86. The molecule has 0 amide bonds. The minimum Gasteiger partial charge on any atom is -0.393 e. The van der Waals surface area contributed by atoms with Crippen molar-refractivity contribution in [3.05, 3.63) is 12.3 Å². The molecule has 5 heteroatoms. The molecule has 1 fully saturated rings. The Morgan fingerprint density at radius 2 is 2.16 bits per heavy atom. The molecular formula is C14H24N4O. The molecule has 106 valence electrons. The third-order valence-corrected chi connectivity index (χ3v) is 3.60. The largest absolute Gasteiger partial charge is 0.393 e. The summed E-state index contributed by atoms with van der Waals surface area (Å²) < 4.78 is 0. The van der Waals surface area contributed by atoms with Gasteiger partial charge < -0.3 is 15.7 Å². The van der Waals surface area contributed by atoms with Crippen LogP contribution in [0.5, 0.6) is 0 Å². The number of aliphatic hydroxyl groups excluding tert-OH is 1. The van der Waals surface area contributed by atoms with Gasteiger partial charge in [-0.2, -0.15) is 4.98 Å². The van der Waals surface area contributed by atoms with Crippen molar-refractivity contribution in [3.8, 4) is 0 Å². The van der Waals surface area contributed by atoms with Crippen molar-refractivity contribution in [1.82, 2.24) is 9.97 Å². The van der Waals surface area contributed by atoms with Crippen LogP contribution in [0.4, 0.5) is 11.8 Å². The van der Waals surface area contributed by atoms with E-state index >= 15 is 0 Å². The van der Waals surface area contributed by atoms with Crippen LogP contribution in [-0.2, 0) is 0 Å². The fourth-order valence-corrected chi connectivity index (χ4v) is 2.44. The zero-order chi connectivity index (χ0) is 13.5. The van der Waals surface area contributed by atoms with Gasteiger partial charge in [-0.25, -0.2) is 4.98 Å². The van der Waals surface area contributed by atoms with Crippen LogP contribution in [-0.4, -0.2) is 34.3 Å². The van der Waals surface area contributed by atoms with Crippen LogP contribution in [0.1, 0.15) is 39.0 Å². The molecule has 1 saturated carbocycles. The summed E-state index contributed by atoms with van der Waals surface area (Å²) in [6.07, 6.45) is 7.03. The molecule has 0 bridgehead atoms. The summed E-state index contributed by atoms with van der Waals surface area (Å²) in [5.41, 5.74) is 0. The Morgan fingerprint density at radius 3 is 2.95 bits per heavy atom. The SMILES string of the molecule is CCCNc1nccc(NCC2CCCCC2O)n1. The first-order valence-corrected chi connectivity index (χ1v) is 7.28. The zero-order valence-corrected chi connectivity index (χ0v) is 11.6. The van der Waals surface area contributed by atoms with E-state index in [4.69, 9.17) is 0 Å². The van der Waals surface area contributed by atoms with E-state index < -0.39 is 0 Å². The summed E-state index contributed by atoms with van der Waals surface area (Å²) in [7, 11) is 0. The predicted molar refractivity (Wildman–Crippen MR) is 77.3 cm³/mol. The molecule has 0 aromatic carbocycles. The van der Waals surface area contributed by atoms with Crippen LogP contribution in [0.15, 0.2) is 12.3 Å². The molecule has 1 heterocycles. The number of aliphatic hydroxyl groups is 1. The third kappa shape index (κ3) is 4.35. The molecule has 1 aliphatic rings. The minimum atomic E-state index is -0.166. The molecule has 1 aromatic rings. The molecule has 0 spiro atoms. The van der Waals surface area contributed by atoms with E-state index in [1.165, 1.54) is 6.42 Å². The molecule has 0 radical (unpaired) electrons. The molecule has 0 saturated heterocycles. The van der Waals surface area contributed by atoms with Crippen molar-refractivity contribution < 1.29 is 5.11 Å². The van der Waals surface area contributed by atoms with E-state index in [1.807, 2.05) is 6.07 Å². The molecule has 5 nitrogen and oxygen atoms in total. The Balaban J connectivity index is 1.84. The molecule has 3 N–H and O–H groups in total. The van der Waals surface area contributed by atoms with E-state index in [9.17, 15) is 5.11 Å². The van der Waals surface area contributed by atoms with Gasteiger partial charge >= 0.3 is 0 Å². The predicted octanol–water partition coefficient (Wildman–Crippen LogP) is 2.26. The molecule has 2 atom stereocenters. The second kappa shape index (κ2) is 7.28. The Morgan fingerprint density at radius 1 is 1.32 bits per heavy atom. The van der Waals surface area contributed by atoms with Crippen molar-refractivity contribution in [2.75, 3.05) is 23.7 Å². The summed E-state index contributed by atoms with van der Waals surface area (Å²) >= 11 is 0. The van der Waals surface area contributed by atoms with E-state index in [0.717, 1.165) is 44.6 Å². The van der Waals surface area contributed by atoms with Gasteiger partial charge in [0.2, 0.25) is 5.95 Å². The topological polar surface area (TPSA) is 70.1 Å². The van der Waals surface area contributed by atoms with Crippen LogP contribution in [0, 0.1) is 5.92 Å². The van der Waals surface area contributed by atoms with Crippen molar-refractivity contribution in [1.29, 1.82) is 0 Å². The van der Waals surface area contributed by atoms with Gasteiger partial charge in [-0.3, -0.25) is 0 Å². The number of rotatable bonds is 6. The van der Waals surface area contributed by atoms with Crippen molar-refractivity contribution in [2.24, 2.45) is 5.92 Å². The quantitative estimate of drug-likeness (QED) is 0.735. The van der Waals surface area contributed by atoms with E-state index in [1.54, 1.807) is 6.20 Å². The van der Waals surface area contributed by atoms with E-state index in [2.05, 4.69) is 27.5 Å². The molecule has 1 aromatic heterocycles. The van der Waals surface area contributed by atoms with Crippen LogP contribution in [0.3, 0.4) is 0 Å². The van der Waals surface area contributed by atoms with Crippen LogP contribution in [0.25, 0.3) is 0 Å². The maximum atomic E-state index is 9.93. The molecule has 2 rings (SSSR count). The van der Waals surface area contributed by atoms with Gasteiger partial charge in [0.05, 0.1) is 6.10 Å². The van der Waals surface area contributed by atoms with E-state index in [0.29, 0.717) is 11.9 Å². The summed E-state index contributed by atoms with van der Waals surface area (Å²) in [4.78, 5) is 8.58. The molecule has 2 unspecified atom stereocenters. The Kier molecular flexibility index (Phi) is 5.39. The highest BCUT2D eigenvalue weighted by Crippen LogP contribution is 2.24. The molecule has 19 heavy (non-hydrogen) atoms. The lowest BCUT2D eigenvalue weighted by molar-refractivity contribution is 0.0763. The first kappa shape index (κ1) is 14.1. The van der Waals surface area contributed by atoms with Crippen molar-refractivity contribution >= 4 is 11.8 Å². The number of hydrogen-bond donors (Lipinski definition) is 3. The van der Waals surface area contributed by atoms with Crippen LogP contribution >= 0.6 is 0 Å². The number of aromatic nitrogens is 2. The van der Waals surface area contributed by atoms with Gasteiger partial charge in [0, 0.05) is 25.2 Å². The molecular weight excluding hydrogens is 240 g/mol. The Labute approximate surface area is 114 Å². The van der Waals surface area contributed by atoms with E-state index in [-0.39, 0.29) is 6.10 Å². The highest BCUT2D eigenvalue weighted by Gasteiger charge is 2.22. The zero-order valence-electron chi connectivity index (χ0n) is 11.6. The summed E-state index contributed by atoms with van der Waals surface area (Å²) in [6, 6.07) is 1.87. The average molecular weight is 264 g/mol. The van der Waals surface area contributed by atoms with Crippen molar-refractivity contribution in [2.45, 2.75) is 45.1 Å². The number of anilines is 2. The van der Waals surface area contributed by atoms with Gasteiger partial charge in [0.15, 0.2) is 0 Å². The van der Waals surface area contributed by atoms with Gasteiger partial charge in [-0.1, -0.05) is 19.8 Å². The van der Waals surface area contributed by atoms with Crippen LogP contribution in [0.2, 0.25) is 0 Å². The lowest BCUT2D eigenvalue weighted by Crippen LogP contribution is -2.30. The standard InChI is InChI=1S/C14H24N4O/c1-2-8-15-14-16-9-7-13(18-14)17-10-11-5-3-4-6-12(11)19/h7,9,11-12,19H,2-6,8,10H2,1H3,(H2,15,16,17,18). The summed E-state index contributed by atoms with van der Waals surface area (Å²) in [6.45, 7) is 3.77. The highest BCUT2D eigenvalue weighted by molar-refractivity contribution is 5.39. The van der Waals surface area contributed by atoms with Crippen LogP contribution < -0.4 is 10.6 Å². The Hall–Kier alpha value is -1.36. The maximum absolute atomic E-state index is 9.93. The summed E-state index contributed by atoms with van der Waals surface area (Å²) in [5.74, 6) is 1.83. The molecule has 1 aliphatic carbocycles. The highest BCUT2D eigenvalue weighted by atomic mass is 16.3. The Bertz CT molecular complexity index is 385. The average Bonchev–Trinajstić information content (AvgIpc) is 2.45. The monoisotopic (exact) mass is 264 g/mol. The second-order valence-corrected chi connectivity index (χ2v) is 5.19. The summed E-state index contributed by atoms with van der Waals surface area (Å²) in [5, 5.41) is 16.4. The molecule has 0 aliphatic heterocycles. The van der Waals surface area contributed by atoms with Gasteiger partial charge in [-0.15, -0.1) is 0 Å².